The lowest BCUT2D eigenvalue weighted by molar-refractivity contribution is 0.0892. The van der Waals surface area contributed by atoms with Gasteiger partial charge >= 0.3 is 0 Å². The van der Waals surface area contributed by atoms with Crippen LogP contribution in [0.2, 0.25) is 0 Å². The van der Waals surface area contributed by atoms with E-state index in [0.29, 0.717) is 18.8 Å². The molecule has 0 aliphatic heterocycles. The Hall–Kier alpha value is -2.18. The Morgan fingerprint density at radius 2 is 2.20 bits per heavy atom. The minimum absolute atomic E-state index is 0.0432. The number of carbonyl (C=O) groups excluding carboxylic acids is 1. The van der Waals surface area contributed by atoms with Crippen molar-refractivity contribution in [1.82, 2.24) is 15.3 Å². The molecule has 4 N–H and O–H groups in total. The van der Waals surface area contributed by atoms with Crippen molar-refractivity contribution < 1.29 is 10.0 Å². The number of aromatic nitrogens is 2. The van der Waals surface area contributed by atoms with Gasteiger partial charge in [-0.15, -0.1) is 0 Å². The summed E-state index contributed by atoms with van der Waals surface area (Å²) in [6.45, 7) is 2.15. The van der Waals surface area contributed by atoms with E-state index in [1.54, 1.807) is 0 Å². The second-order valence-electron chi connectivity index (χ2n) is 5.29. The molecule has 108 valence electrons. The van der Waals surface area contributed by atoms with Crippen LogP contribution in [0.25, 0.3) is 0 Å². The van der Waals surface area contributed by atoms with Crippen molar-refractivity contribution in [3.8, 4) is 0 Å². The number of nitrogens with two attached hydrogens (primary N) is 1. The zero-order valence-corrected chi connectivity index (χ0v) is 11.4. The van der Waals surface area contributed by atoms with Gasteiger partial charge in [-0.3, -0.25) is 9.78 Å². The van der Waals surface area contributed by atoms with E-state index in [1.165, 1.54) is 18.6 Å². The first-order chi connectivity index (χ1) is 9.57. The van der Waals surface area contributed by atoms with Crippen molar-refractivity contribution in [1.29, 1.82) is 0 Å². The van der Waals surface area contributed by atoms with E-state index in [-0.39, 0.29) is 17.4 Å². The summed E-state index contributed by atoms with van der Waals surface area (Å²) >= 11 is 0. The highest BCUT2D eigenvalue weighted by atomic mass is 16.4. The largest absolute Gasteiger partial charge is 0.409 e. The molecule has 7 heteroatoms. The minimum atomic E-state index is -0.796. The molecule has 1 aromatic heterocycles. The number of oxime groups is 1. The predicted octanol–water partition coefficient (Wildman–Crippen LogP) is 0.902. The van der Waals surface area contributed by atoms with E-state index in [9.17, 15) is 4.79 Å². The van der Waals surface area contributed by atoms with Crippen LogP contribution in [0.3, 0.4) is 0 Å². The Balaban J connectivity index is 2.19. The summed E-state index contributed by atoms with van der Waals surface area (Å²) < 4.78 is 0. The normalized spacial score (nSPS) is 27.1. The first kappa shape index (κ1) is 14.2. The number of amidine groups is 1. The zero-order valence-electron chi connectivity index (χ0n) is 11.4. The molecule has 1 aromatic rings. The SMILES string of the molecule is CC1CCC(NC(=O)c2cnccn2)(C(N)=NO)CC1. The van der Waals surface area contributed by atoms with Crippen molar-refractivity contribution in [2.45, 2.75) is 38.1 Å². The third-order valence-electron chi connectivity index (χ3n) is 3.87. The number of nitrogens with zero attached hydrogens (tertiary/aromatic N) is 3. The maximum Gasteiger partial charge on any atom is 0.272 e. The molecule has 0 atom stereocenters. The van der Waals surface area contributed by atoms with Crippen molar-refractivity contribution in [3.63, 3.8) is 0 Å². The molecular formula is C13H19N5O2. The highest BCUT2D eigenvalue weighted by Gasteiger charge is 2.40. The van der Waals surface area contributed by atoms with E-state index in [4.69, 9.17) is 10.9 Å². The average Bonchev–Trinajstić information content (AvgIpc) is 2.49. The zero-order chi connectivity index (χ0) is 14.6. The van der Waals surface area contributed by atoms with Gasteiger partial charge in [-0.25, -0.2) is 4.98 Å². The molecule has 0 unspecified atom stereocenters. The molecule has 0 saturated heterocycles. The van der Waals surface area contributed by atoms with Crippen molar-refractivity contribution in [2.75, 3.05) is 0 Å². The molecule has 1 fully saturated rings. The van der Waals surface area contributed by atoms with Gasteiger partial charge in [0.15, 0.2) is 5.84 Å². The molecule has 0 radical (unpaired) electrons. The number of hydrogen-bond acceptors (Lipinski definition) is 5. The first-order valence-corrected chi connectivity index (χ1v) is 6.64. The van der Waals surface area contributed by atoms with Crippen molar-refractivity contribution in [3.05, 3.63) is 24.3 Å². The summed E-state index contributed by atoms with van der Waals surface area (Å²) in [7, 11) is 0. The third-order valence-corrected chi connectivity index (χ3v) is 3.87. The first-order valence-electron chi connectivity index (χ1n) is 6.64. The van der Waals surface area contributed by atoms with Gasteiger partial charge in [0.2, 0.25) is 0 Å². The maximum atomic E-state index is 12.2. The van der Waals surface area contributed by atoms with E-state index < -0.39 is 5.54 Å². The Morgan fingerprint density at radius 3 is 2.75 bits per heavy atom. The highest BCUT2D eigenvalue weighted by Crippen LogP contribution is 2.32. The van der Waals surface area contributed by atoms with E-state index in [0.717, 1.165) is 12.8 Å². The molecule has 1 aliphatic rings. The predicted molar refractivity (Wildman–Crippen MR) is 73.3 cm³/mol. The molecule has 0 bridgehead atoms. The number of amides is 1. The smallest absolute Gasteiger partial charge is 0.272 e. The summed E-state index contributed by atoms with van der Waals surface area (Å²) in [5.74, 6) is 0.254. The van der Waals surface area contributed by atoms with Gasteiger partial charge in [0.1, 0.15) is 11.2 Å². The summed E-state index contributed by atoms with van der Waals surface area (Å²) in [4.78, 5) is 20.0. The van der Waals surface area contributed by atoms with Gasteiger partial charge < -0.3 is 16.3 Å². The second-order valence-corrected chi connectivity index (χ2v) is 5.29. The number of carbonyl (C=O) groups is 1. The molecule has 1 aliphatic carbocycles. The third kappa shape index (κ3) is 2.87. The van der Waals surface area contributed by atoms with Crippen LogP contribution in [0.15, 0.2) is 23.7 Å². The lowest BCUT2D eigenvalue weighted by Crippen LogP contribution is -2.59. The Bertz CT molecular complexity index is 495. The van der Waals surface area contributed by atoms with Gasteiger partial charge in [-0.05, 0) is 31.6 Å². The van der Waals surface area contributed by atoms with Gasteiger partial charge in [0.25, 0.3) is 5.91 Å². The van der Waals surface area contributed by atoms with Gasteiger partial charge in [0, 0.05) is 12.4 Å². The summed E-state index contributed by atoms with van der Waals surface area (Å²) in [6, 6.07) is 0. The highest BCUT2D eigenvalue weighted by molar-refractivity contribution is 5.99. The Kier molecular flexibility index (Phi) is 4.16. The lowest BCUT2D eigenvalue weighted by Gasteiger charge is -2.38. The Morgan fingerprint density at radius 1 is 1.50 bits per heavy atom. The van der Waals surface area contributed by atoms with E-state index in [2.05, 4.69) is 27.4 Å². The Labute approximate surface area is 117 Å². The van der Waals surface area contributed by atoms with Crippen LogP contribution < -0.4 is 11.1 Å². The summed E-state index contributed by atoms with van der Waals surface area (Å²) in [6.07, 6.45) is 7.47. The van der Waals surface area contributed by atoms with Crippen LogP contribution in [-0.4, -0.2) is 32.5 Å². The number of hydrogen-bond donors (Lipinski definition) is 3. The van der Waals surface area contributed by atoms with Gasteiger partial charge in [-0.2, -0.15) is 0 Å². The van der Waals surface area contributed by atoms with Crippen molar-refractivity contribution >= 4 is 11.7 Å². The van der Waals surface area contributed by atoms with Crippen LogP contribution in [0, 0.1) is 5.92 Å². The fourth-order valence-corrected chi connectivity index (χ4v) is 2.49. The topological polar surface area (TPSA) is 113 Å². The van der Waals surface area contributed by atoms with Crippen LogP contribution in [0.4, 0.5) is 0 Å². The fourth-order valence-electron chi connectivity index (χ4n) is 2.49. The lowest BCUT2D eigenvalue weighted by atomic mass is 9.76. The molecule has 0 aromatic carbocycles. The number of nitrogens with one attached hydrogen (secondary N) is 1. The van der Waals surface area contributed by atoms with Crippen LogP contribution in [0.1, 0.15) is 43.1 Å². The molecule has 1 heterocycles. The molecule has 2 rings (SSSR count). The number of rotatable bonds is 3. The molecular weight excluding hydrogens is 258 g/mol. The minimum Gasteiger partial charge on any atom is -0.409 e. The molecule has 1 amide bonds. The van der Waals surface area contributed by atoms with Gasteiger partial charge in [-0.1, -0.05) is 12.1 Å². The average molecular weight is 277 g/mol. The monoisotopic (exact) mass is 277 g/mol. The standard InChI is InChI=1S/C13H19N5O2/c1-9-2-4-13(5-3-9,12(14)18-20)17-11(19)10-8-15-6-7-16-10/h6-9,20H,2-5H2,1H3,(H2,14,18)(H,17,19). The van der Waals surface area contributed by atoms with Gasteiger partial charge in [0.05, 0.1) is 6.20 Å². The van der Waals surface area contributed by atoms with E-state index >= 15 is 0 Å². The second kappa shape index (κ2) is 5.85. The quantitative estimate of drug-likeness (QED) is 0.329. The van der Waals surface area contributed by atoms with Crippen LogP contribution in [0.5, 0.6) is 0 Å². The summed E-state index contributed by atoms with van der Waals surface area (Å²) in [5, 5.41) is 14.9. The van der Waals surface area contributed by atoms with Crippen LogP contribution in [-0.2, 0) is 0 Å². The fraction of sp³-hybridized carbons (Fsp3) is 0.538. The van der Waals surface area contributed by atoms with Crippen molar-refractivity contribution in [2.24, 2.45) is 16.8 Å². The molecule has 0 spiro atoms. The molecule has 1 saturated carbocycles. The maximum absolute atomic E-state index is 12.2. The van der Waals surface area contributed by atoms with Crippen LogP contribution >= 0.6 is 0 Å². The molecule has 20 heavy (non-hydrogen) atoms. The summed E-state index contributed by atoms with van der Waals surface area (Å²) in [5.41, 5.74) is 5.23. The molecule has 7 nitrogen and oxygen atoms in total. The van der Waals surface area contributed by atoms with E-state index in [1.807, 2.05) is 0 Å².